The third-order valence-electron chi connectivity index (χ3n) is 5.68. The fraction of sp³-hybridized carbons (Fsp3) is 0.148. The molecule has 1 N–H and O–H groups in total. The first-order valence-corrected chi connectivity index (χ1v) is 10.5. The Kier molecular flexibility index (Phi) is 5.13. The van der Waals surface area contributed by atoms with Crippen LogP contribution in [0.3, 0.4) is 0 Å². The van der Waals surface area contributed by atoms with Crippen LogP contribution in [0.15, 0.2) is 78.9 Å². The predicted molar refractivity (Wildman–Crippen MR) is 123 cm³/mol. The average molecular weight is 410 g/mol. The van der Waals surface area contributed by atoms with Crippen LogP contribution < -0.4 is 4.74 Å². The van der Waals surface area contributed by atoms with Crippen molar-refractivity contribution in [3.63, 3.8) is 0 Å². The van der Waals surface area contributed by atoms with E-state index in [0.717, 1.165) is 62.9 Å². The van der Waals surface area contributed by atoms with Crippen LogP contribution in [-0.2, 0) is 19.4 Å². The van der Waals surface area contributed by atoms with Crippen molar-refractivity contribution in [3.05, 3.63) is 107 Å². The topological polar surface area (TPSA) is 37.9 Å². The Balaban J connectivity index is 1.45. The first-order chi connectivity index (χ1) is 15.2. The summed E-state index contributed by atoms with van der Waals surface area (Å²) in [5.41, 5.74) is 5.16. The van der Waals surface area contributed by atoms with Crippen LogP contribution in [0.5, 0.6) is 5.75 Å². The summed E-state index contributed by atoms with van der Waals surface area (Å²) in [6.45, 7) is 2.46. The Hall–Kier alpha value is -3.66. The minimum atomic E-state index is -0.195. The molecule has 0 bridgehead atoms. The molecule has 0 atom stereocenters. The summed E-state index contributed by atoms with van der Waals surface area (Å²) < 4.78 is 19.6. The summed E-state index contributed by atoms with van der Waals surface area (Å²) >= 11 is 0. The number of aromatic amines is 1. The molecule has 0 fully saturated rings. The number of ether oxygens (including phenoxy) is 1. The van der Waals surface area contributed by atoms with Crippen molar-refractivity contribution in [2.45, 2.75) is 26.4 Å². The molecule has 3 nitrogen and oxygen atoms in total. The highest BCUT2D eigenvalue weighted by Crippen LogP contribution is 2.33. The molecule has 0 saturated carbocycles. The first-order valence-electron chi connectivity index (χ1n) is 10.5. The zero-order chi connectivity index (χ0) is 21.2. The highest BCUT2D eigenvalue weighted by Gasteiger charge is 2.12. The second-order valence-corrected chi connectivity index (χ2v) is 7.85. The number of rotatable bonds is 6. The molecule has 0 radical (unpaired) electrons. The lowest BCUT2D eigenvalue weighted by Crippen LogP contribution is -1.96. The van der Waals surface area contributed by atoms with Crippen molar-refractivity contribution < 1.29 is 9.13 Å². The number of fused-ring (bicyclic) bond motifs is 3. The van der Waals surface area contributed by atoms with Gasteiger partial charge >= 0.3 is 0 Å². The van der Waals surface area contributed by atoms with Gasteiger partial charge in [-0.15, -0.1) is 0 Å². The number of benzene rings is 4. The van der Waals surface area contributed by atoms with Crippen LogP contribution in [0.2, 0.25) is 0 Å². The van der Waals surface area contributed by atoms with E-state index < -0.39 is 0 Å². The van der Waals surface area contributed by atoms with Gasteiger partial charge in [0.15, 0.2) is 0 Å². The monoisotopic (exact) mass is 410 g/mol. The van der Waals surface area contributed by atoms with E-state index in [1.165, 1.54) is 6.07 Å². The van der Waals surface area contributed by atoms with Crippen molar-refractivity contribution in [1.82, 2.24) is 9.97 Å². The van der Waals surface area contributed by atoms with E-state index in [2.05, 4.69) is 29.2 Å². The number of nitrogens with zero attached hydrogens (tertiary/aromatic N) is 1. The normalized spacial score (nSPS) is 11.3. The van der Waals surface area contributed by atoms with Gasteiger partial charge in [0.2, 0.25) is 0 Å². The van der Waals surface area contributed by atoms with Gasteiger partial charge < -0.3 is 9.72 Å². The van der Waals surface area contributed by atoms with Crippen LogP contribution in [0.4, 0.5) is 4.39 Å². The molecule has 4 aromatic carbocycles. The van der Waals surface area contributed by atoms with Gasteiger partial charge in [-0.3, -0.25) is 0 Å². The second kappa shape index (κ2) is 8.23. The lowest BCUT2D eigenvalue weighted by molar-refractivity contribution is 0.310. The molecule has 0 unspecified atom stereocenters. The lowest BCUT2D eigenvalue weighted by atomic mass is 10.0. The third-order valence-corrected chi connectivity index (χ3v) is 5.68. The molecular weight excluding hydrogens is 387 g/mol. The van der Waals surface area contributed by atoms with Crippen LogP contribution in [0, 0.1) is 12.7 Å². The number of halogens is 1. The number of hydrogen-bond acceptors (Lipinski definition) is 2. The molecule has 0 amide bonds. The summed E-state index contributed by atoms with van der Waals surface area (Å²) in [5.74, 6) is 1.57. The van der Waals surface area contributed by atoms with Crippen molar-refractivity contribution in [3.8, 4) is 5.75 Å². The van der Waals surface area contributed by atoms with Crippen molar-refractivity contribution in [2.24, 2.45) is 0 Å². The molecule has 5 rings (SSSR count). The fourth-order valence-corrected chi connectivity index (χ4v) is 4.03. The standard InChI is InChI=1S/C27H23FN2O/c1-18-15-21(28)13-11-20(18)12-14-26-29-24-16-25(31-17-19-7-3-2-4-8-19)22-9-5-6-10-23(22)27(24)30-26/h2-11,13,15-16H,12,14,17H2,1H3,(H,29,30). The third kappa shape index (κ3) is 4.02. The second-order valence-electron chi connectivity index (χ2n) is 7.85. The Labute approximate surface area is 180 Å². The molecule has 4 heteroatoms. The summed E-state index contributed by atoms with van der Waals surface area (Å²) in [4.78, 5) is 8.34. The molecule has 0 spiro atoms. The molecule has 0 aliphatic heterocycles. The molecule has 31 heavy (non-hydrogen) atoms. The Bertz CT molecular complexity index is 1360. The predicted octanol–water partition coefficient (Wildman–Crippen LogP) is 6.53. The van der Waals surface area contributed by atoms with Crippen molar-refractivity contribution in [2.75, 3.05) is 0 Å². The zero-order valence-electron chi connectivity index (χ0n) is 17.4. The van der Waals surface area contributed by atoms with Gasteiger partial charge in [-0.05, 0) is 42.2 Å². The maximum Gasteiger partial charge on any atom is 0.129 e. The van der Waals surface area contributed by atoms with Gasteiger partial charge in [0.1, 0.15) is 24.0 Å². The largest absolute Gasteiger partial charge is 0.488 e. The fourth-order valence-electron chi connectivity index (χ4n) is 4.03. The Morgan fingerprint density at radius 2 is 1.65 bits per heavy atom. The van der Waals surface area contributed by atoms with E-state index >= 15 is 0 Å². The van der Waals surface area contributed by atoms with Gasteiger partial charge in [-0.1, -0.05) is 60.7 Å². The van der Waals surface area contributed by atoms with Gasteiger partial charge in [-0.25, -0.2) is 9.37 Å². The quantitative estimate of drug-likeness (QED) is 0.346. The maximum atomic E-state index is 13.4. The molecule has 0 saturated heterocycles. The lowest BCUT2D eigenvalue weighted by Gasteiger charge is -2.10. The minimum absolute atomic E-state index is 0.195. The molecule has 154 valence electrons. The molecule has 5 aromatic rings. The average Bonchev–Trinajstić information content (AvgIpc) is 3.21. The number of hydrogen-bond donors (Lipinski definition) is 1. The number of imidazole rings is 1. The summed E-state index contributed by atoms with van der Waals surface area (Å²) in [5, 5.41) is 2.13. The number of aryl methyl sites for hydroxylation is 3. The smallest absolute Gasteiger partial charge is 0.129 e. The van der Waals surface area contributed by atoms with Crippen LogP contribution in [0.25, 0.3) is 21.8 Å². The van der Waals surface area contributed by atoms with Crippen molar-refractivity contribution in [1.29, 1.82) is 0 Å². The van der Waals surface area contributed by atoms with Gasteiger partial charge in [0.25, 0.3) is 0 Å². The van der Waals surface area contributed by atoms with Gasteiger partial charge in [0, 0.05) is 23.3 Å². The van der Waals surface area contributed by atoms with E-state index in [1.54, 1.807) is 6.07 Å². The molecule has 0 aliphatic carbocycles. The summed E-state index contributed by atoms with van der Waals surface area (Å²) in [7, 11) is 0. The van der Waals surface area contributed by atoms with Gasteiger partial charge in [0.05, 0.1) is 11.0 Å². The minimum Gasteiger partial charge on any atom is -0.488 e. The SMILES string of the molecule is Cc1cc(F)ccc1CCc1nc2c(cc(OCc3ccccc3)c3ccccc32)[nH]1. The molecule has 0 aliphatic rings. The van der Waals surface area contributed by atoms with E-state index in [4.69, 9.17) is 9.72 Å². The highest BCUT2D eigenvalue weighted by molar-refractivity contribution is 6.07. The molecular formula is C27H23FN2O. The number of H-pyrrole nitrogens is 1. The molecule has 1 heterocycles. The van der Waals surface area contributed by atoms with E-state index in [9.17, 15) is 4.39 Å². The number of nitrogens with one attached hydrogen (secondary N) is 1. The number of aromatic nitrogens is 2. The van der Waals surface area contributed by atoms with Crippen LogP contribution in [0.1, 0.15) is 22.5 Å². The van der Waals surface area contributed by atoms with E-state index in [1.807, 2.05) is 49.4 Å². The maximum absolute atomic E-state index is 13.4. The van der Waals surface area contributed by atoms with Crippen LogP contribution in [-0.4, -0.2) is 9.97 Å². The van der Waals surface area contributed by atoms with Crippen molar-refractivity contribution >= 4 is 21.8 Å². The highest BCUT2D eigenvalue weighted by atomic mass is 19.1. The van der Waals surface area contributed by atoms with E-state index in [-0.39, 0.29) is 5.82 Å². The summed E-state index contributed by atoms with van der Waals surface area (Å²) in [6.07, 6.45) is 1.57. The molecule has 1 aromatic heterocycles. The summed E-state index contributed by atoms with van der Waals surface area (Å²) in [6, 6.07) is 25.4. The van der Waals surface area contributed by atoms with E-state index in [0.29, 0.717) is 6.61 Å². The van der Waals surface area contributed by atoms with Gasteiger partial charge in [-0.2, -0.15) is 0 Å². The Morgan fingerprint density at radius 3 is 2.45 bits per heavy atom. The van der Waals surface area contributed by atoms with Crippen LogP contribution >= 0.6 is 0 Å². The Morgan fingerprint density at radius 1 is 0.871 bits per heavy atom. The zero-order valence-corrected chi connectivity index (χ0v) is 17.4. The first kappa shape index (κ1) is 19.3.